The number of aromatic nitrogens is 1. The molecule has 5 aromatic rings. The van der Waals surface area contributed by atoms with E-state index in [1.807, 2.05) is 17.5 Å². The molecule has 1 nitrogen and oxygen atoms in total. The van der Waals surface area contributed by atoms with Crippen LogP contribution in [0.25, 0.3) is 42.2 Å². The molecule has 0 fully saturated rings. The molecule has 0 aliphatic heterocycles. The third-order valence-electron chi connectivity index (χ3n) is 5.89. The lowest BCUT2D eigenvalue weighted by Crippen LogP contribution is -2.20. The maximum atomic E-state index is 4.87. The largest absolute Gasteiger partial charge is 0.255 e. The summed E-state index contributed by atoms with van der Waals surface area (Å²) >= 11 is 1.88. The molecule has 124 valence electrons. The summed E-state index contributed by atoms with van der Waals surface area (Å²) in [5, 5.41) is 5.34. The molecule has 0 unspecified atom stereocenters. The number of hydrogen-bond acceptors (Lipinski definition) is 2. The Labute approximate surface area is 155 Å². The predicted molar refractivity (Wildman–Crippen MR) is 112 cm³/mol. The molecule has 0 N–H and O–H groups in total. The quantitative estimate of drug-likeness (QED) is 0.295. The van der Waals surface area contributed by atoms with E-state index in [9.17, 15) is 0 Å². The zero-order valence-corrected chi connectivity index (χ0v) is 15.5. The van der Waals surface area contributed by atoms with E-state index in [-0.39, 0.29) is 5.41 Å². The van der Waals surface area contributed by atoms with E-state index in [0.29, 0.717) is 0 Å². The Morgan fingerprint density at radius 3 is 2.58 bits per heavy atom. The summed E-state index contributed by atoms with van der Waals surface area (Å²) in [4.78, 5) is 4.87. The smallest absolute Gasteiger partial charge is 0.0798 e. The third kappa shape index (κ3) is 1.63. The van der Waals surface area contributed by atoms with Crippen molar-refractivity contribution in [1.82, 2.24) is 4.98 Å². The van der Waals surface area contributed by atoms with Gasteiger partial charge in [0.25, 0.3) is 0 Å². The Bertz CT molecular complexity index is 1360. The summed E-state index contributed by atoms with van der Waals surface area (Å²) in [6.45, 7) is 4.73. The lowest BCUT2D eigenvalue weighted by atomic mass is 9.74. The number of rotatable bonds is 0. The first-order chi connectivity index (χ1) is 12.7. The fourth-order valence-electron chi connectivity index (χ4n) is 4.77. The first kappa shape index (κ1) is 14.5. The molecule has 1 aliphatic carbocycles. The van der Waals surface area contributed by atoms with Gasteiger partial charge in [-0.2, -0.15) is 0 Å². The molecule has 2 heterocycles. The van der Waals surface area contributed by atoms with Crippen molar-refractivity contribution in [3.05, 3.63) is 78.0 Å². The monoisotopic (exact) mass is 351 g/mol. The van der Waals surface area contributed by atoms with Crippen molar-refractivity contribution in [1.29, 1.82) is 0 Å². The van der Waals surface area contributed by atoms with E-state index in [1.54, 1.807) is 0 Å². The van der Waals surface area contributed by atoms with Crippen molar-refractivity contribution < 1.29 is 0 Å². The summed E-state index contributed by atoms with van der Waals surface area (Å²) in [6.07, 6.45) is 1.96. The number of benzene rings is 3. The fraction of sp³-hybridized carbons (Fsp3) is 0.125. The van der Waals surface area contributed by atoms with Gasteiger partial charge in [-0.25, -0.2) is 0 Å². The molecule has 0 saturated carbocycles. The Hall–Kier alpha value is -2.71. The van der Waals surface area contributed by atoms with Gasteiger partial charge < -0.3 is 0 Å². The molecule has 0 bridgehead atoms. The average molecular weight is 351 g/mol. The van der Waals surface area contributed by atoms with Crippen molar-refractivity contribution in [3.8, 4) is 11.3 Å². The van der Waals surface area contributed by atoms with Crippen LogP contribution >= 0.6 is 11.3 Å². The van der Waals surface area contributed by atoms with Gasteiger partial charge >= 0.3 is 0 Å². The molecule has 0 atom stereocenters. The highest BCUT2D eigenvalue weighted by atomic mass is 32.1. The summed E-state index contributed by atoms with van der Waals surface area (Å²) in [5.41, 5.74) is 5.11. The van der Waals surface area contributed by atoms with Crippen LogP contribution in [0.5, 0.6) is 0 Å². The van der Waals surface area contributed by atoms with Gasteiger partial charge in [-0.15, -0.1) is 11.3 Å². The van der Waals surface area contributed by atoms with E-state index < -0.39 is 0 Å². The van der Waals surface area contributed by atoms with Crippen molar-refractivity contribution in [2.75, 3.05) is 0 Å². The zero-order valence-electron chi connectivity index (χ0n) is 14.7. The maximum Gasteiger partial charge on any atom is 0.0798 e. The zero-order chi connectivity index (χ0) is 17.5. The van der Waals surface area contributed by atoms with Crippen LogP contribution in [0.2, 0.25) is 0 Å². The molecule has 6 rings (SSSR count). The van der Waals surface area contributed by atoms with Gasteiger partial charge in [0.05, 0.1) is 5.69 Å². The van der Waals surface area contributed by atoms with E-state index in [4.69, 9.17) is 4.98 Å². The first-order valence-electron chi connectivity index (χ1n) is 8.99. The lowest BCUT2D eigenvalue weighted by molar-refractivity contribution is 0.656. The molecule has 2 aromatic heterocycles. The molecule has 0 radical (unpaired) electrons. The molecule has 2 heteroatoms. The SMILES string of the molecule is CC1(C)c2c(ccc3ccccc23)-c2nccc3sc4cccc1c4c23. The van der Waals surface area contributed by atoms with Gasteiger partial charge in [0.2, 0.25) is 0 Å². The number of thiophene rings is 1. The third-order valence-corrected chi connectivity index (χ3v) is 7.01. The predicted octanol–water partition coefficient (Wildman–Crippen LogP) is 6.91. The van der Waals surface area contributed by atoms with Crippen LogP contribution in [0.3, 0.4) is 0 Å². The van der Waals surface area contributed by atoms with Crippen LogP contribution in [0.4, 0.5) is 0 Å². The van der Waals surface area contributed by atoms with Crippen LogP contribution < -0.4 is 0 Å². The number of pyridine rings is 1. The van der Waals surface area contributed by atoms with Crippen LogP contribution in [0, 0.1) is 0 Å². The fourth-order valence-corrected chi connectivity index (χ4v) is 5.89. The summed E-state index contributed by atoms with van der Waals surface area (Å²) < 4.78 is 2.69. The van der Waals surface area contributed by atoms with Gasteiger partial charge in [0.1, 0.15) is 0 Å². The Morgan fingerprint density at radius 2 is 1.65 bits per heavy atom. The molecule has 3 aromatic carbocycles. The van der Waals surface area contributed by atoms with Gasteiger partial charge in [-0.3, -0.25) is 4.98 Å². The summed E-state index contributed by atoms with van der Waals surface area (Å²) in [5.74, 6) is 0. The number of hydrogen-bond donors (Lipinski definition) is 0. The minimum atomic E-state index is -0.0928. The highest BCUT2D eigenvalue weighted by molar-refractivity contribution is 7.26. The van der Waals surface area contributed by atoms with E-state index in [2.05, 4.69) is 74.5 Å². The average Bonchev–Trinajstić information content (AvgIpc) is 3.01. The number of nitrogens with zero attached hydrogens (tertiary/aromatic N) is 1. The standard InChI is InChI=1S/C24H17NS/c1-24(2)17-8-5-9-18-20(17)21-19(26-18)12-13-25-23(21)16-11-10-14-6-3-4-7-15(14)22(16)24/h3-13H,1-2H3. The van der Waals surface area contributed by atoms with Crippen molar-refractivity contribution in [3.63, 3.8) is 0 Å². The van der Waals surface area contributed by atoms with Gasteiger partial charge in [0.15, 0.2) is 0 Å². The van der Waals surface area contributed by atoms with Crippen LogP contribution in [-0.2, 0) is 5.41 Å². The molecular weight excluding hydrogens is 334 g/mol. The molecule has 0 saturated heterocycles. The topological polar surface area (TPSA) is 12.9 Å². The first-order valence-corrected chi connectivity index (χ1v) is 9.81. The molecule has 0 spiro atoms. The molecule has 1 aliphatic rings. The minimum absolute atomic E-state index is 0.0928. The van der Waals surface area contributed by atoms with E-state index in [0.717, 1.165) is 5.69 Å². The van der Waals surface area contributed by atoms with E-state index >= 15 is 0 Å². The van der Waals surface area contributed by atoms with Crippen molar-refractivity contribution >= 4 is 42.3 Å². The van der Waals surface area contributed by atoms with Gasteiger partial charge in [0, 0.05) is 37.3 Å². The number of fused-ring (bicyclic) bond motifs is 4. The highest BCUT2D eigenvalue weighted by Crippen LogP contribution is 2.51. The highest BCUT2D eigenvalue weighted by Gasteiger charge is 2.34. The Kier molecular flexibility index (Phi) is 2.62. The molecular formula is C24H17NS. The minimum Gasteiger partial charge on any atom is -0.255 e. The Balaban J connectivity index is 1.96. The lowest BCUT2D eigenvalue weighted by Gasteiger charge is -2.29. The Morgan fingerprint density at radius 1 is 0.808 bits per heavy atom. The van der Waals surface area contributed by atoms with Gasteiger partial charge in [-0.05, 0) is 34.0 Å². The van der Waals surface area contributed by atoms with Crippen molar-refractivity contribution in [2.24, 2.45) is 0 Å². The summed E-state index contributed by atoms with van der Waals surface area (Å²) in [6, 6.07) is 22.2. The second-order valence-electron chi connectivity index (χ2n) is 7.65. The van der Waals surface area contributed by atoms with Crippen LogP contribution in [-0.4, -0.2) is 4.98 Å². The second-order valence-corrected chi connectivity index (χ2v) is 8.73. The normalized spacial score (nSPS) is 14.8. The maximum absolute atomic E-state index is 4.87. The summed E-state index contributed by atoms with van der Waals surface area (Å²) in [7, 11) is 0. The van der Waals surface area contributed by atoms with Crippen molar-refractivity contribution in [2.45, 2.75) is 19.3 Å². The van der Waals surface area contributed by atoms with Crippen LogP contribution in [0.1, 0.15) is 25.0 Å². The van der Waals surface area contributed by atoms with E-state index in [1.165, 1.54) is 47.6 Å². The van der Waals surface area contributed by atoms with Gasteiger partial charge in [-0.1, -0.05) is 62.4 Å². The molecule has 0 amide bonds. The molecule has 26 heavy (non-hydrogen) atoms. The second kappa shape index (κ2) is 4.72. The van der Waals surface area contributed by atoms with Crippen LogP contribution in [0.15, 0.2) is 66.9 Å².